The van der Waals surface area contributed by atoms with Crippen molar-refractivity contribution in [2.75, 3.05) is 18.0 Å². The van der Waals surface area contributed by atoms with Crippen LogP contribution < -0.4 is 10.2 Å². The summed E-state index contributed by atoms with van der Waals surface area (Å²) in [5, 5.41) is 3.36. The number of pyridine rings is 1. The molecule has 1 aliphatic carbocycles. The van der Waals surface area contributed by atoms with Crippen LogP contribution in [0, 0.1) is 5.92 Å². The minimum absolute atomic E-state index is 0.754. The summed E-state index contributed by atoms with van der Waals surface area (Å²) in [5.41, 5.74) is 1.29. The van der Waals surface area contributed by atoms with Crippen molar-refractivity contribution in [2.24, 2.45) is 5.92 Å². The first-order chi connectivity index (χ1) is 9.88. The average molecular weight is 273 g/mol. The Morgan fingerprint density at radius 2 is 2.05 bits per heavy atom. The minimum atomic E-state index is 0.754. The van der Waals surface area contributed by atoms with Crippen molar-refractivity contribution in [2.45, 2.75) is 58.0 Å². The number of fused-ring (bicyclic) bond motifs is 1. The van der Waals surface area contributed by atoms with Crippen molar-refractivity contribution in [3.63, 3.8) is 0 Å². The number of rotatable bonds is 4. The summed E-state index contributed by atoms with van der Waals surface area (Å²) in [4.78, 5) is 7.32. The van der Waals surface area contributed by atoms with E-state index in [9.17, 15) is 0 Å². The second-order valence-electron chi connectivity index (χ2n) is 6.25. The fourth-order valence-corrected chi connectivity index (χ4v) is 3.87. The van der Waals surface area contributed by atoms with Gasteiger partial charge in [-0.2, -0.15) is 0 Å². The molecular weight excluding hydrogens is 246 g/mol. The third kappa shape index (κ3) is 2.98. The van der Waals surface area contributed by atoms with Crippen molar-refractivity contribution >= 4 is 5.82 Å². The van der Waals surface area contributed by atoms with E-state index in [0.717, 1.165) is 25.0 Å². The van der Waals surface area contributed by atoms with Gasteiger partial charge in [-0.1, -0.05) is 25.8 Å². The highest BCUT2D eigenvalue weighted by atomic mass is 15.2. The maximum atomic E-state index is 4.73. The SMILES string of the molecule is CCNCc1ccc(N2CCC[C@H]3CCCC[C@H]32)nc1. The molecule has 110 valence electrons. The van der Waals surface area contributed by atoms with Gasteiger partial charge in [-0.15, -0.1) is 0 Å². The molecule has 3 nitrogen and oxygen atoms in total. The van der Waals surface area contributed by atoms with Crippen LogP contribution in [0.15, 0.2) is 18.3 Å². The average Bonchev–Trinajstić information content (AvgIpc) is 2.53. The topological polar surface area (TPSA) is 28.2 Å². The van der Waals surface area contributed by atoms with Crippen LogP contribution in [0.5, 0.6) is 0 Å². The number of anilines is 1. The number of piperidine rings is 1. The Kier molecular flexibility index (Phi) is 4.56. The lowest BCUT2D eigenvalue weighted by molar-refractivity contribution is 0.242. The summed E-state index contributed by atoms with van der Waals surface area (Å²) in [6.45, 7) is 5.27. The Bertz CT molecular complexity index is 413. The third-order valence-corrected chi connectivity index (χ3v) is 4.93. The molecule has 2 aliphatic rings. The Balaban J connectivity index is 1.70. The molecule has 0 radical (unpaired) electrons. The molecule has 0 aromatic carbocycles. The predicted molar refractivity (Wildman–Crippen MR) is 83.9 cm³/mol. The maximum Gasteiger partial charge on any atom is 0.128 e. The molecule has 3 heteroatoms. The lowest BCUT2D eigenvalue weighted by Crippen LogP contribution is -2.47. The fraction of sp³-hybridized carbons (Fsp3) is 0.706. The molecule has 1 saturated carbocycles. The molecule has 2 atom stereocenters. The quantitative estimate of drug-likeness (QED) is 0.912. The summed E-state index contributed by atoms with van der Waals surface area (Å²) < 4.78 is 0. The first-order valence-electron chi connectivity index (χ1n) is 8.31. The van der Waals surface area contributed by atoms with Crippen LogP contribution in [0.4, 0.5) is 5.82 Å². The fourth-order valence-electron chi connectivity index (χ4n) is 3.87. The van der Waals surface area contributed by atoms with E-state index in [1.807, 2.05) is 6.20 Å². The molecule has 1 saturated heterocycles. The lowest BCUT2D eigenvalue weighted by atomic mass is 9.78. The van der Waals surface area contributed by atoms with Gasteiger partial charge < -0.3 is 10.2 Å². The molecule has 0 spiro atoms. The van der Waals surface area contributed by atoms with Gasteiger partial charge in [0.05, 0.1) is 0 Å². The van der Waals surface area contributed by atoms with Crippen molar-refractivity contribution in [1.29, 1.82) is 0 Å². The van der Waals surface area contributed by atoms with Crippen LogP contribution in [0.2, 0.25) is 0 Å². The van der Waals surface area contributed by atoms with Crippen LogP contribution >= 0.6 is 0 Å². The molecule has 2 heterocycles. The van der Waals surface area contributed by atoms with E-state index in [0.29, 0.717) is 0 Å². The largest absolute Gasteiger partial charge is 0.353 e. The summed E-state index contributed by atoms with van der Waals surface area (Å²) >= 11 is 0. The normalized spacial score (nSPS) is 26.4. The highest BCUT2D eigenvalue weighted by molar-refractivity contribution is 5.41. The van der Waals surface area contributed by atoms with E-state index in [-0.39, 0.29) is 0 Å². The number of nitrogens with one attached hydrogen (secondary N) is 1. The van der Waals surface area contributed by atoms with Gasteiger partial charge >= 0.3 is 0 Å². The summed E-state index contributed by atoms with van der Waals surface area (Å²) in [6, 6.07) is 5.21. The molecule has 3 rings (SSSR count). The number of aromatic nitrogens is 1. The first-order valence-corrected chi connectivity index (χ1v) is 8.31. The van der Waals surface area contributed by atoms with Crippen LogP contribution in [0.25, 0.3) is 0 Å². The van der Waals surface area contributed by atoms with E-state index in [2.05, 4.69) is 29.3 Å². The summed E-state index contributed by atoms with van der Waals surface area (Å²) in [7, 11) is 0. The molecule has 2 fully saturated rings. The summed E-state index contributed by atoms with van der Waals surface area (Å²) in [6.07, 6.45) is 10.4. The van der Waals surface area contributed by atoms with Crippen molar-refractivity contribution < 1.29 is 0 Å². The highest BCUT2D eigenvalue weighted by Gasteiger charge is 2.33. The van der Waals surface area contributed by atoms with Gasteiger partial charge in [0.15, 0.2) is 0 Å². The van der Waals surface area contributed by atoms with E-state index < -0.39 is 0 Å². The van der Waals surface area contributed by atoms with E-state index in [4.69, 9.17) is 4.98 Å². The standard InChI is InChI=1S/C17H27N3/c1-2-18-12-14-9-10-17(19-13-14)20-11-5-7-15-6-3-4-8-16(15)20/h9-10,13,15-16,18H,2-8,11-12H2,1H3/t15-,16-/m1/s1. The van der Waals surface area contributed by atoms with Gasteiger partial charge in [-0.3, -0.25) is 0 Å². The number of hydrogen-bond donors (Lipinski definition) is 1. The third-order valence-electron chi connectivity index (χ3n) is 4.93. The monoisotopic (exact) mass is 273 g/mol. The second kappa shape index (κ2) is 6.57. The van der Waals surface area contributed by atoms with Crippen molar-refractivity contribution in [3.8, 4) is 0 Å². The Morgan fingerprint density at radius 3 is 2.85 bits per heavy atom. The molecule has 20 heavy (non-hydrogen) atoms. The van der Waals surface area contributed by atoms with Crippen LogP contribution in [-0.2, 0) is 6.54 Å². The number of hydrogen-bond acceptors (Lipinski definition) is 3. The number of nitrogens with zero attached hydrogens (tertiary/aromatic N) is 2. The Labute approximate surface area is 122 Å². The van der Waals surface area contributed by atoms with Gasteiger partial charge in [0.2, 0.25) is 0 Å². The molecule has 1 aliphatic heterocycles. The van der Waals surface area contributed by atoms with Crippen molar-refractivity contribution in [1.82, 2.24) is 10.3 Å². The molecule has 1 aromatic rings. The van der Waals surface area contributed by atoms with E-state index in [1.54, 1.807) is 0 Å². The smallest absolute Gasteiger partial charge is 0.128 e. The molecule has 0 unspecified atom stereocenters. The molecule has 1 aromatic heterocycles. The Hall–Kier alpha value is -1.09. The predicted octanol–water partition coefficient (Wildman–Crippen LogP) is 3.35. The van der Waals surface area contributed by atoms with Crippen molar-refractivity contribution in [3.05, 3.63) is 23.9 Å². The lowest BCUT2D eigenvalue weighted by Gasteiger charge is -2.44. The minimum Gasteiger partial charge on any atom is -0.353 e. The molecule has 0 bridgehead atoms. The zero-order chi connectivity index (χ0) is 13.8. The van der Waals surface area contributed by atoms with E-state index >= 15 is 0 Å². The highest BCUT2D eigenvalue weighted by Crippen LogP contribution is 2.37. The summed E-state index contributed by atoms with van der Waals surface area (Å²) in [5.74, 6) is 2.11. The molecular formula is C17H27N3. The first kappa shape index (κ1) is 13.9. The van der Waals surface area contributed by atoms with Gasteiger partial charge in [0, 0.05) is 25.3 Å². The second-order valence-corrected chi connectivity index (χ2v) is 6.25. The van der Waals surface area contributed by atoms with E-state index in [1.165, 1.54) is 56.5 Å². The molecule has 1 N–H and O–H groups in total. The van der Waals surface area contributed by atoms with Gasteiger partial charge in [-0.25, -0.2) is 4.98 Å². The van der Waals surface area contributed by atoms with Gasteiger partial charge in [-0.05, 0) is 49.8 Å². The maximum absolute atomic E-state index is 4.73. The van der Waals surface area contributed by atoms with Gasteiger partial charge in [0.25, 0.3) is 0 Å². The van der Waals surface area contributed by atoms with Crippen LogP contribution in [0.3, 0.4) is 0 Å². The van der Waals surface area contributed by atoms with Crippen LogP contribution in [-0.4, -0.2) is 24.1 Å². The Morgan fingerprint density at radius 1 is 1.20 bits per heavy atom. The van der Waals surface area contributed by atoms with Gasteiger partial charge in [0.1, 0.15) is 5.82 Å². The van der Waals surface area contributed by atoms with Crippen LogP contribution in [0.1, 0.15) is 51.0 Å². The molecule has 0 amide bonds. The zero-order valence-electron chi connectivity index (χ0n) is 12.6. The zero-order valence-corrected chi connectivity index (χ0v) is 12.6.